The van der Waals surface area contributed by atoms with Crippen molar-refractivity contribution in [3.63, 3.8) is 0 Å². The average Bonchev–Trinajstić information content (AvgIpc) is 2.83. The van der Waals surface area contributed by atoms with E-state index in [9.17, 15) is 9.90 Å². The molecule has 0 saturated carbocycles. The number of carbonyl (C=O) groups is 1. The maximum Gasteiger partial charge on any atom is 0.0935 e. The number of benzene rings is 1. The molecule has 19 heavy (non-hydrogen) atoms. The number of aromatic carboxylic acids is 1. The molecular weight excluding hydrogens is 284 g/mol. The molecule has 98 valence electrons. The number of nitrogens with one attached hydrogen (secondary N) is 1. The molecule has 0 aliphatic carbocycles. The van der Waals surface area contributed by atoms with Crippen molar-refractivity contribution in [2.24, 2.45) is 5.10 Å². The standard InChI is InChI=1S/C13H11ClN2O2S/c1-8(11-6-7-12(14)19-11)15-16-10-5-3-2-4-9(10)13(17)18/h2-7,16H,1H3,(H,17,18)/p-1/b15-8-. The van der Waals surface area contributed by atoms with Crippen molar-refractivity contribution in [2.45, 2.75) is 6.92 Å². The lowest BCUT2D eigenvalue weighted by molar-refractivity contribution is -0.254. The second kappa shape index (κ2) is 5.86. The van der Waals surface area contributed by atoms with Crippen molar-refractivity contribution >= 4 is 40.3 Å². The van der Waals surface area contributed by atoms with Crippen LogP contribution in [0.3, 0.4) is 0 Å². The lowest BCUT2D eigenvalue weighted by Gasteiger charge is -2.09. The highest BCUT2D eigenvalue weighted by atomic mass is 35.5. The number of nitrogens with zero attached hydrogens (tertiary/aromatic N) is 1. The zero-order valence-electron chi connectivity index (χ0n) is 10.0. The third-order valence-electron chi connectivity index (χ3n) is 2.42. The Labute approximate surface area is 119 Å². The van der Waals surface area contributed by atoms with Gasteiger partial charge in [0.2, 0.25) is 0 Å². The quantitative estimate of drug-likeness (QED) is 0.696. The lowest BCUT2D eigenvalue weighted by atomic mass is 10.2. The molecular formula is C13H10ClN2O2S-. The second-order valence-corrected chi connectivity index (χ2v) is 5.46. The third kappa shape index (κ3) is 3.33. The van der Waals surface area contributed by atoms with Gasteiger partial charge in [0.1, 0.15) is 0 Å². The summed E-state index contributed by atoms with van der Waals surface area (Å²) in [5.41, 5.74) is 3.93. The predicted octanol–water partition coefficient (Wildman–Crippen LogP) is 2.60. The Balaban J connectivity index is 2.20. The highest BCUT2D eigenvalue weighted by Gasteiger charge is 2.04. The number of carbonyl (C=O) groups excluding carboxylic acids is 1. The van der Waals surface area contributed by atoms with Gasteiger partial charge in [-0.3, -0.25) is 5.43 Å². The number of hydrogen-bond donors (Lipinski definition) is 1. The predicted molar refractivity (Wildman–Crippen MR) is 75.9 cm³/mol. The molecule has 1 N–H and O–H groups in total. The van der Waals surface area contributed by atoms with Crippen molar-refractivity contribution in [1.82, 2.24) is 0 Å². The molecule has 1 heterocycles. The first-order chi connectivity index (χ1) is 9.08. The summed E-state index contributed by atoms with van der Waals surface area (Å²) in [5, 5.41) is 15.1. The van der Waals surface area contributed by atoms with Crippen LogP contribution >= 0.6 is 22.9 Å². The van der Waals surface area contributed by atoms with Crippen LogP contribution in [0.4, 0.5) is 5.69 Å². The van der Waals surface area contributed by atoms with E-state index in [0.717, 1.165) is 10.6 Å². The Morgan fingerprint density at radius 1 is 1.32 bits per heavy atom. The molecule has 1 aromatic heterocycles. The summed E-state index contributed by atoms with van der Waals surface area (Å²) in [6.07, 6.45) is 0. The van der Waals surface area contributed by atoms with Gasteiger partial charge < -0.3 is 9.90 Å². The summed E-state index contributed by atoms with van der Waals surface area (Å²) in [6, 6.07) is 10.1. The van der Waals surface area contributed by atoms with Crippen LogP contribution in [-0.2, 0) is 0 Å². The highest BCUT2D eigenvalue weighted by molar-refractivity contribution is 7.18. The number of hydrogen-bond acceptors (Lipinski definition) is 5. The van der Waals surface area contributed by atoms with Crippen LogP contribution in [0.15, 0.2) is 41.5 Å². The third-order valence-corrected chi connectivity index (χ3v) is 3.76. The van der Waals surface area contributed by atoms with E-state index in [0.29, 0.717) is 10.0 Å². The maximum absolute atomic E-state index is 10.9. The summed E-state index contributed by atoms with van der Waals surface area (Å²) in [5.74, 6) is -1.24. The smallest absolute Gasteiger partial charge is 0.0935 e. The molecule has 6 heteroatoms. The summed E-state index contributed by atoms with van der Waals surface area (Å²) in [4.78, 5) is 11.8. The van der Waals surface area contributed by atoms with Crippen molar-refractivity contribution < 1.29 is 9.90 Å². The fourth-order valence-corrected chi connectivity index (χ4v) is 2.45. The zero-order valence-corrected chi connectivity index (χ0v) is 11.6. The number of thiophene rings is 1. The number of hydrazone groups is 1. The summed E-state index contributed by atoms with van der Waals surface area (Å²) in [6.45, 7) is 1.82. The van der Waals surface area contributed by atoms with Gasteiger partial charge in [0.05, 0.1) is 26.6 Å². The first kappa shape index (κ1) is 13.6. The molecule has 4 nitrogen and oxygen atoms in total. The largest absolute Gasteiger partial charge is 0.545 e. The van der Waals surface area contributed by atoms with E-state index in [2.05, 4.69) is 10.5 Å². The average molecular weight is 294 g/mol. The van der Waals surface area contributed by atoms with E-state index >= 15 is 0 Å². The van der Waals surface area contributed by atoms with Crippen molar-refractivity contribution in [2.75, 3.05) is 5.43 Å². The Morgan fingerprint density at radius 3 is 2.68 bits per heavy atom. The van der Waals surface area contributed by atoms with Gasteiger partial charge in [-0.15, -0.1) is 11.3 Å². The van der Waals surface area contributed by atoms with E-state index in [1.165, 1.54) is 17.4 Å². The van der Waals surface area contributed by atoms with Crippen LogP contribution in [0.5, 0.6) is 0 Å². The molecule has 0 spiro atoms. The van der Waals surface area contributed by atoms with E-state index in [1.807, 2.05) is 13.0 Å². The van der Waals surface area contributed by atoms with Gasteiger partial charge in [0.25, 0.3) is 0 Å². The van der Waals surface area contributed by atoms with Crippen LogP contribution in [0.1, 0.15) is 22.2 Å². The van der Waals surface area contributed by atoms with E-state index in [4.69, 9.17) is 11.6 Å². The molecule has 0 amide bonds. The Kier molecular flexibility index (Phi) is 4.19. The summed E-state index contributed by atoms with van der Waals surface area (Å²) >= 11 is 7.25. The number of halogens is 1. The number of anilines is 1. The molecule has 2 rings (SSSR count). The van der Waals surface area contributed by atoms with Crippen LogP contribution in [0.2, 0.25) is 4.34 Å². The molecule has 2 aromatic rings. The molecule has 0 aliphatic rings. The number of carboxylic acids is 1. The van der Waals surface area contributed by atoms with Gasteiger partial charge >= 0.3 is 0 Å². The highest BCUT2D eigenvalue weighted by Crippen LogP contribution is 2.22. The minimum Gasteiger partial charge on any atom is -0.545 e. The molecule has 0 radical (unpaired) electrons. The molecule has 1 aromatic carbocycles. The maximum atomic E-state index is 10.9. The summed E-state index contributed by atoms with van der Waals surface area (Å²) < 4.78 is 0.680. The van der Waals surface area contributed by atoms with E-state index in [1.54, 1.807) is 24.3 Å². The molecule has 0 atom stereocenters. The van der Waals surface area contributed by atoms with E-state index in [-0.39, 0.29) is 5.56 Å². The van der Waals surface area contributed by atoms with Crippen LogP contribution in [-0.4, -0.2) is 11.7 Å². The lowest BCUT2D eigenvalue weighted by Crippen LogP contribution is -2.23. The fourth-order valence-electron chi connectivity index (χ4n) is 1.47. The van der Waals surface area contributed by atoms with Crippen LogP contribution < -0.4 is 10.5 Å². The van der Waals surface area contributed by atoms with Gasteiger partial charge in [-0.2, -0.15) is 5.10 Å². The topological polar surface area (TPSA) is 64.5 Å². The first-order valence-corrected chi connectivity index (χ1v) is 6.64. The molecule has 0 saturated heterocycles. The van der Waals surface area contributed by atoms with Gasteiger partial charge in [-0.25, -0.2) is 0 Å². The van der Waals surface area contributed by atoms with Gasteiger partial charge in [0.15, 0.2) is 0 Å². The second-order valence-electron chi connectivity index (χ2n) is 3.75. The molecule has 0 unspecified atom stereocenters. The van der Waals surface area contributed by atoms with Crippen molar-refractivity contribution in [3.05, 3.63) is 51.2 Å². The van der Waals surface area contributed by atoms with E-state index < -0.39 is 5.97 Å². The zero-order chi connectivity index (χ0) is 13.8. The van der Waals surface area contributed by atoms with Gasteiger partial charge in [-0.1, -0.05) is 29.8 Å². The Hall–Kier alpha value is -1.85. The Bertz CT molecular complexity index is 637. The minimum atomic E-state index is -1.24. The Morgan fingerprint density at radius 2 is 2.05 bits per heavy atom. The number of carboxylic acid groups (broad SMARTS) is 1. The monoisotopic (exact) mass is 293 g/mol. The SMILES string of the molecule is C/C(=N/Nc1ccccc1C(=O)[O-])c1ccc(Cl)s1. The number of para-hydroxylation sites is 1. The molecule has 0 fully saturated rings. The van der Waals surface area contributed by atoms with Crippen molar-refractivity contribution in [3.8, 4) is 0 Å². The van der Waals surface area contributed by atoms with Crippen LogP contribution in [0, 0.1) is 0 Å². The minimum absolute atomic E-state index is 0.0725. The fraction of sp³-hybridized carbons (Fsp3) is 0.0769. The van der Waals surface area contributed by atoms with Crippen molar-refractivity contribution in [1.29, 1.82) is 0 Å². The van der Waals surface area contributed by atoms with Gasteiger partial charge in [0, 0.05) is 5.56 Å². The number of rotatable bonds is 4. The molecule has 0 bridgehead atoms. The molecule has 0 aliphatic heterocycles. The first-order valence-electron chi connectivity index (χ1n) is 5.44. The van der Waals surface area contributed by atoms with Crippen LogP contribution in [0.25, 0.3) is 0 Å². The summed E-state index contributed by atoms with van der Waals surface area (Å²) in [7, 11) is 0. The van der Waals surface area contributed by atoms with Gasteiger partial charge in [-0.05, 0) is 25.1 Å². The normalized spacial score (nSPS) is 11.4.